The van der Waals surface area contributed by atoms with E-state index < -0.39 is 0 Å². The summed E-state index contributed by atoms with van der Waals surface area (Å²) in [5.74, 6) is 1.34. The molecule has 0 fully saturated rings. The number of pyridine rings is 1. The molecule has 0 atom stereocenters. The SMILES string of the molecule is COc1c(C)cnc(CNC(=O)CSC)c1C. The van der Waals surface area contributed by atoms with E-state index in [0.29, 0.717) is 12.3 Å². The molecule has 0 saturated carbocycles. The van der Waals surface area contributed by atoms with Crippen molar-refractivity contribution in [2.24, 2.45) is 0 Å². The van der Waals surface area contributed by atoms with Gasteiger partial charge in [-0.2, -0.15) is 11.8 Å². The second-order valence-corrected chi connectivity index (χ2v) is 4.62. The first kappa shape index (κ1) is 13.8. The van der Waals surface area contributed by atoms with Gasteiger partial charge in [0.2, 0.25) is 5.91 Å². The minimum atomic E-state index is 0.0261. The van der Waals surface area contributed by atoms with Gasteiger partial charge in [0.25, 0.3) is 0 Å². The quantitative estimate of drug-likeness (QED) is 0.868. The first-order valence-electron chi connectivity index (χ1n) is 5.34. The summed E-state index contributed by atoms with van der Waals surface area (Å²) in [6.45, 7) is 4.35. The average Bonchev–Trinajstić information content (AvgIpc) is 2.29. The molecule has 1 aromatic rings. The second kappa shape index (κ2) is 6.49. The Bertz CT molecular complexity index is 408. The molecule has 1 heterocycles. The van der Waals surface area contributed by atoms with E-state index in [1.807, 2.05) is 20.1 Å². The molecular weight excluding hydrogens is 236 g/mol. The number of methoxy groups -OCH3 is 1. The number of nitrogens with one attached hydrogen (secondary N) is 1. The van der Waals surface area contributed by atoms with Crippen LogP contribution in [-0.2, 0) is 11.3 Å². The van der Waals surface area contributed by atoms with Crippen molar-refractivity contribution in [3.63, 3.8) is 0 Å². The van der Waals surface area contributed by atoms with Crippen LogP contribution in [0.15, 0.2) is 6.20 Å². The summed E-state index contributed by atoms with van der Waals surface area (Å²) in [5, 5.41) is 2.83. The molecule has 1 rings (SSSR count). The molecule has 0 aromatic carbocycles. The molecule has 0 aliphatic heterocycles. The van der Waals surface area contributed by atoms with E-state index in [9.17, 15) is 4.79 Å². The third-order valence-electron chi connectivity index (χ3n) is 2.48. The molecule has 0 aliphatic rings. The lowest BCUT2D eigenvalue weighted by molar-refractivity contribution is -0.118. The molecule has 0 bridgehead atoms. The van der Waals surface area contributed by atoms with E-state index in [1.165, 1.54) is 11.8 Å². The topological polar surface area (TPSA) is 51.2 Å². The molecular formula is C12H18N2O2S. The third-order valence-corrected chi connectivity index (χ3v) is 3.03. The fraction of sp³-hybridized carbons (Fsp3) is 0.500. The highest BCUT2D eigenvalue weighted by Crippen LogP contribution is 2.23. The maximum absolute atomic E-state index is 11.4. The second-order valence-electron chi connectivity index (χ2n) is 3.76. The lowest BCUT2D eigenvalue weighted by Crippen LogP contribution is -2.25. The fourth-order valence-corrected chi connectivity index (χ4v) is 1.98. The maximum atomic E-state index is 11.4. The minimum absolute atomic E-state index is 0.0261. The minimum Gasteiger partial charge on any atom is -0.496 e. The molecule has 0 unspecified atom stereocenters. The zero-order valence-electron chi connectivity index (χ0n) is 10.7. The Hall–Kier alpha value is -1.23. The van der Waals surface area contributed by atoms with Crippen LogP contribution in [0.4, 0.5) is 0 Å². The van der Waals surface area contributed by atoms with Crippen LogP contribution in [0.3, 0.4) is 0 Å². The Balaban J connectivity index is 2.75. The first-order valence-corrected chi connectivity index (χ1v) is 6.74. The van der Waals surface area contributed by atoms with E-state index in [2.05, 4.69) is 10.3 Å². The van der Waals surface area contributed by atoms with Gasteiger partial charge in [-0.05, 0) is 20.1 Å². The van der Waals surface area contributed by atoms with Crippen molar-refractivity contribution in [2.75, 3.05) is 19.1 Å². The maximum Gasteiger partial charge on any atom is 0.230 e. The van der Waals surface area contributed by atoms with Gasteiger partial charge in [-0.15, -0.1) is 0 Å². The number of hydrogen-bond acceptors (Lipinski definition) is 4. The van der Waals surface area contributed by atoms with E-state index >= 15 is 0 Å². The number of thioether (sulfide) groups is 1. The van der Waals surface area contributed by atoms with Crippen LogP contribution < -0.4 is 10.1 Å². The molecule has 1 aromatic heterocycles. The molecule has 94 valence electrons. The van der Waals surface area contributed by atoms with Gasteiger partial charge in [-0.25, -0.2) is 0 Å². The number of carbonyl (C=O) groups excluding carboxylic acids is 1. The number of aromatic nitrogens is 1. The van der Waals surface area contributed by atoms with E-state index in [4.69, 9.17) is 4.74 Å². The van der Waals surface area contributed by atoms with Crippen LogP contribution in [0.5, 0.6) is 5.75 Å². The molecule has 4 nitrogen and oxygen atoms in total. The lowest BCUT2D eigenvalue weighted by Gasteiger charge is -2.12. The highest BCUT2D eigenvalue weighted by atomic mass is 32.2. The number of nitrogens with zero attached hydrogens (tertiary/aromatic N) is 1. The summed E-state index contributed by atoms with van der Waals surface area (Å²) < 4.78 is 5.31. The zero-order chi connectivity index (χ0) is 12.8. The Morgan fingerprint density at radius 1 is 1.53 bits per heavy atom. The van der Waals surface area contributed by atoms with Crippen LogP contribution in [-0.4, -0.2) is 30.0 Å². The molecule has 0 saturated heterocycles. The van der Waals surface area contributed by atoms with Gasteiger partial charge in [0, 0.05) is 17.3 Å². The lowest BCUT2D eigenvalue weighted by atomic mass is 10.1. The van der Waals surface area contributed by atoms with Gasteiger partial charge in [-0.1, -0.05) is 0 Å². The fourth-order valence-electron chi connectivity index (χ4n) is 1.61. The van der Waals surface area contributed by atoms with Crippen molar-refractivity contribution in [1.82, 2.24) is 10.3 Å². The molecule has 0 spiro atoms. The zero-order valence-corrected chi connectivity index (χ0v) is 11.5. The molecule has 0 radical (unpaired) electrons. The summed E-state index contributed by atoms with van der Waals surface area (Å²) in [4.78, 5) is 15.7. The van der Waals surface area contributed by atoms with Crippen molar-refractivity contribution in [2.45, 2.75) is 20.4 Å². The number of hydrogen-bond donors (Lipinski definition) is 1. The Labute approximate surface area is 106 Å². The van der Waals surface area contributed by atoms with Crippen LogP contribution >= 0.6 is 11.8 Å². The molecule has 1 N–H and O–H groups in total. The van der Waals surface area contributed by atoms with Gasteiger partial charge in [0.05, 0.1) is 25.1 Å². The Kier molecular flexibility index (Phi) is 5.28. The number of rotatable bonds is 5. The predicted octanol–water partition coefficient (Wildman–Crippen LogP) is 1.69. The van der Waals surface area contributed by atoms with Gasteiger partial charge in [0.15, 0.2) is 0 Å². The predicted molar refractivity (Wildman–Crippen MR) is 70.5 cm³/mol. The van der Waals surface area contributed by atoms with Crippen LogP contribution in [0, 0.1) is 13.8 Å². The van der Waals surface area contributed by atoms with Crippen LogP contribution in [0.1, 0.15) is 16.8 Å². The number of ether oxygens (including phenoxy) is 1. The number of carbonyl (C=O) groups is 1. The highest BCUT2D eigenvalue weighted by molar-refractivity contribution is 7.99. The van der Waals surface area contributed by atoms with Crippen molar-refractivity contribution < 1.29 is 9.53 Å². The largest absolute Gasteiger partial charge is 0.496 e. The highest BCUT2D eigenvalue weighted by Gasteiger charge is 2.10. The van der Waals surface area contributed by atoms with E-state index in [-0.39, 0.29) is 5.91 Å². The van der Waals surface area contributed by atoms with Crippen molar-refractivity contribution in [3.05, 3.63) is 23.0 Å². The standard InChI is InChI=1S/C12H18N2O2S/c1-8-5-13-10(9(2)12(8)16-3)6-14-11(15)7-17-4/h5H,6-7H2,1-4H3,(H,14,15). The van der Waals surface area contributed by atoms with E-state index in [1.54, 1.807) is 13.3 Å². The molecule has 0 aliphatic carbocycles. The molecule has 17 heavy (non-hydrogen) atoms. The Morgan fingerprint density at radius 3 is 2.82 bits per heavy atom. The van der Waals surface area contributed by atoms with Gasteiger partial charge in [0.1, 0.15) is 5.75 Å². The van der Waals surface area contributed by atoms with Crippen LogP contribution in [0.25, 0.3) is 0 Å². The van der Waals surface area contributed by atoms with Gasteiger partial charge in [-0.3, -0.25) is 9.78 Å². The summed E-state index contributed by atoms with van der Waals surface area (Å²) in [6, 6.07) is 0. The average molecular weight is 254 g/mol. The smallest absolute Gasteiger partial charge is 0.230 e. The molecule has 1 amide bonds. The number of amides is 1. The number of aryl methyl sites for hydroxylation is 1. The Morgan fingerprint density at radius 2 is 2.24 bits per heavy atom. The van der Waals surface area contributed by atoms with Gasteiger partial charge < -0.3 is 10.1 Å². The van der Waals surface area contributed by atoms with Crippen molar-refractivity contribution in [1.29, 1.82) is 0 Å². The summed E-state index contributed by atoms with van der Waals surface area (Å²) >= 11 is 1.50. The third kappa shape index (κ3) is 3.63. The monoisotopic (exact) mass is 254 g/mol. The van der Waals surface area contributed by atoms with Crippen molar-refractivity contribution >= 4 is 17.7 Å². The van der Waals surface area contributed by atoms with E-state index in [0.717, 1.165) is 22.6 Å². The van der Waals surface area contributed by atoms with Crippen molar-refractivity contribution in [3.8, 4) is 5.75 Å². The summed E-state index contributed by atoms with van der Waals surface area (Å²) in [5.41, 5.74) is 2.84. The molecule has 5 heteroatoms. The normalized spacial score (nSPS) is 10.1. The first-order chi connectivity index (χ1) is 8.10. The summed E-state index contributed by atoms with van der Waals surface area (Å²) in [7, 11) is 1.64. The summed E-state index contributed by atoms with van der Waals surface area (Å²) in [6.07, 6.45) is 3.67. The van der Waals surface area contributed by atoms with Crippen LogP contribution in [0.2, 0.25) is 0 Å². The van der Waals surface area contributed by atoms with Gasteiger partial charge >= 0.3 is 0 Å².